The number of rotatable bonds is 4. The van der Waals surface area contributed by atoms with E-state index in [9.17, 15) is 14.4 Å². The minimum atomic E-state index is -0.349. The highest BCUT2D eigenvalue weighted by Gasteiger charge is 2.42. The monoisotopic (exact) mass is 405 g/mol. The molecule has 0 saturated carbocycles. The summed E-state index contributed by atoms with van der Waals surface area (Å²) >= 11 is 0. The Labute approximate surface area is 174 Å². The first-order valence-corrected chi connectivity index (χ1v) is 9.86. The lowest BCUT2D eigenvalue weighted by atomic mass is 10.0. The number of morpholine rings is 1. The van der Waals surface area contributed by atoms with Crippen LogP contribution in [0.25, 0.3) is 5.57 Å². The van der Waals surface area contributed by atoms with Crippen molar-refractivity contribution in [2.45, 2.75) is 13.8 Å². The number of nitrogens with one attached hydrogen (secondary N) is 1. The first kappa shape index (κ1) is 19.8. The molecule has 0 aromatic heterocycles. The molecule has 0 atom stereocenters. The maximum Gasteiger partial charge on any atom is 0.282 e. The zero-order chi connectivity index (χ0) is 21.3. The molecule has 1 saturated heterocycles. The molecule has 0 unspecified atom stereocenters. The van der Waals surface area contributed by atoms with E-state index in [2.05, 4.69) is 5.32 Å². The molecule has 7 nitrogen and oxygen atoms in total. The highest BCUT2D eigenvalue weighted by Crippen LogP contribution is 2.35. The third-order valence-corrected chi connectivity index (χ3v) is 5.17. The number of imide groups is 1. The molecule has 0 spiro atoms. The van der Waals surface area contributed by atoms with Crippen molar-refractivity contribution in [2.24, 2.45) is 0 Å². The summed E-state index contributed by atoms with van der Waals surface area (Å²) in [5.41, 5.74) is 3.69. The summed E-state index contributed by atoms with van der Waals surface area (Å²) in [6.45, 7) is 5.53. The molecular formula is C23H23N3O4. The Morgan fingerprint density at radius 2 is 1.57 bits per heavy atom. The number of hydrogen-bond acceptors (Lipinski definition) is 5. The third-order valence-electron chi connectivity index (χ3n) is 5.17. The Bertz CT molecular complexity index is 1020. The van der Waals surface area contributed by atoms with E-state index in [4.69, 9.17) is 4.74 Å². The second kappa shape index (κ2) is 8.12. The van der Waals surface area contributed by atoms with E-state index in [1.165, 1.54) is 11.8 Å². The van der Waals surface area contributed by atoms with E-state index in [1.54, 1.807) is 24.3 Å². The van der Waals surface area contributed by atoms with E-state index in [1.807, 2.05) is 36.1 Å². The molecule has 1 N–H and O–H groups in total. The summed E-state index contributed by atoms with van der Waals surface area (Å²) in [5.74, 6) is -0.878. The van der Waals surface area contributed by atoms with Crippen LogP contribution in [0.5, 0.6) is 0 Å². The van der Waals surface area contributed by atoms with Gasteiger partial charge in [-0.3, -0.25) is 14.4 Å². The van der Waals surface area contributed by atoms with Crippen molar-refractivity contribution < 1.29 is 19.1 Å². The van der Waals surface area contributed by atoms with Crippen molar-refractivity contribution in [3.05, 3.63) is 65.4 Å². The number of carbonyl (C=O) groups is 3. The van der Waals surface area contributed by atoms with Gasteiger partial charge in [0.05, 0.1) is 24.5 Å². The van der Waals surface area contributed by atoms with E-state index < -0.39 is 0 Å². The fraction of sp³-hybridized carbons (Fsp3) is 0.261. The zero-order valence-corrected chi connectivity index (χ0v) is 17.0. The van der Waals surface area contributed by atoms with Gasteiger partial charge in [-0.15, -0.1) is 0 Å². The van der Waals surface area contributed by atoms with Gasteiger partial charge in [0, 0.05) is 25.7 Å². The minimum Gasteiger partial charge on any atom is -0.378 e. The molecule has 1 fully saturated rings. The number of carbonyl (C=O) groups excluding carboxylic acids is 3. The van der Waals surface area contributed by atoms with E-state index >= 15 is 0 Å². The van der Waals surface area contributed by atoms with Gasteiger partial charge >= 0.3 is 0 Å². The third kappa shape index (κ3) is 3.71. The van der Waals surface area contributed by atoms with Gasteiger partial charge in [-0.1, -0.05) is 29.8 Å². The van der Waals surface area contributed by atoms with Crippen molar-refractivity contribution in [2.75, 3.05) is 36.5 Å². The quantitative estimate of drug-likeness (QED) is 0.791. The van der Waals surface area contributed by atoms with Crippen LogP contribution in [0, 0.1) is 6.92 Å². The van der Waals surface area contributed by atoms with E-state index in [-0.39, 0.29) is 17.7 Å². The largest absolute Gasteiger partial charge is 0.378 e. The fourth-order valence-corrected chi connectivity index (χ4v) is 3.71. The van der Waals surface area contributed by atoms with Gasteiger partial charge < -0.3 is 15.0 Å². The summed E-state index contributed by atoms with van der Waals surface area (Å²) < 4.78 is 5.43. The summed E-state index contributed by atoms with van der Waals surface area (Å²) in [5, 5.41) is 2.69. The number of anilines is 2. The Balaban J connectivity index is 1.74. The topological polar surface area (TPSA) is 79.0 Å². The van der Waals surface area contributed by atoms with Gasteiger partial charge in [-0.2, -0.15) is 0 Å². The number of ether oxygens (including phenoxy) is 1. The van der Waals surface area contributed by atoms with Crippen LogP contribution in [0.4, 0.5) is 11.4 Å². The van der Waals surface area contributed by atoms with Gasteiger partial charge in [-0.25, -0.2) is 4.90 Å². The van der Waals surface area contributed by atoms with Crippen LogP contribution in [-0.2, 0) is 19.1 Å². The highest BCUT2D eigenvalue weighted by atomic mass is 16.5. The lowest BCUT2D eigenvalue weighted by molar-refractivity contribution is -0.121. The molecule has 2 aromatic carbocycles. The number of amides is 3. The smallest absolute Gasteiger partial charge is 0.282 e. The number of aryl methyl sites for hydroxylation is 1. The van der Waals surface area contributed by atoms with Crippen molar-refractivity contribution in [3.63, 3.8) is 0 Å². The molecule has 0 bridgehead atoms. The lowest BCUT2D eigenvalue weighted by Gasteiger charge is -2.29. The Morgan fingerprint density at radius 3 is 2.17 bits per heavy atom. The summed E-state index contributed by atoms with van der Waals surface area (Å²) in [6.07, 6.45) is 0. The van der Waals surface area contributed by atoms with Crippen LogP contribution in [0.15, 0.2) is 54.2 Å². The molecule has 2 aliphatic heterocycles. The second-order valence-electron chi connectivity index (χ2n) is 7.36. The van der Waals surface area contributed by atoms with Gasteiger partial charge in [0.25, 0.3) is 11.8 Å². The average Bonchev–Trinajstić information content (AvgIpc) is 3.00. The average molecular weight is 405 g/mol. The Morgan fingerprint density at radius 1 is 0.933 bits per heavy atom. The van der Waals surface area contributed by atoms with Crippen LogP contribution in [0.1, 0.15) is 18.1 Å². The maximum absolute atomic E-state index is 13.4. The molecule has 4 rings (SSSR count). The summed E-state index contributed by atoms with van der Waals surface area (Å²) in [4.78, 5) is 41.3. The van der Waals surface area contributed by atoms with Crippen molar-refractivity contribution in [1.29, 1.82) is 0 Å². The molecule has 3 amide bonds. The molecule has 2 aliphatic rings. The first-order valence-electron chi connectivity index (χ1n) is 9.86. The molecular weight excluding hydrogens is 382 g/mol. The van der Waals surface area contributed by atoms with E-state index in [0.29, 0.717) is 48.9 Å². The number of hydrogen-bond donors (Lipinski definition) is 1. The molecule has 7 heteroatoms. The van der Waals surface area contributed by atoms with E-state index in [0.717, 1.165) is 11.1 Å². The predicted octanol–water partition coefficient (Wildman–Crippen LogP) is 2.57. The number of benzene rings is 2. The van der Waals surface area contributed by atoms with Crippen LogP contribution in [0.2, 0.25) is 0 Å². The molecule has 30 heavy (non-hydrogen) atoms. The van der Waals surface area contributed by atoms with Crippen LogP contribution in [0.3, 0.4) is 0 Å². The molecule has 154 valence electrons. The normalized spacial score (nSPS) is 17.0. The van der Waals surface area contributed by atoms with Gasteiger partial charge in [0.15, 0.2) is 0 Å². The van der Waals surface area contributed by atoms with Crippen LogP contribution >= 0.6 is 0 Å². The highest BCUT2D eigenvalue weighted by molar-refractivity contribution is 6.45. The molecule has 0 aliphatic carbocycles. The summed E-state index contributed by atoms with van der Waals surface area (Å²) in [7, 11) is 0. The zero-order valence-electron chi connectivity index (χ0n) is 17.0. The Kier molecular flexibility index (Phi) is 5.37. The van der Waals surface area contributed by atoms with Crippen LogP contribution in [-0.4, -0.2) is 48.9 Å². The van der Waals surface area contributed by atoms with Gasteiger partial charge in [0.1, 0.15) is 5.70 Å². The fourth-order valence-electron chi connectivity index (χ4n) is 3.71. The van der Waals surface area contributed by atoms with Crippen molar-refractivity contribution >= 4 is 34.7 Å². The molecule has 2 heterocycles. The first-order chi connectivity index (χ1) is 14.5. The standard InChI is InChI=1S/C23H23N3O4/c1-15-3-5-17(6-4-15)20-21(25-11-13-30-14-12-25)23(29)26(22(20)28)19-9-7-18(8-10-19)24-16(2)27/h3-10H,11-14H2,1-2H3,(H,24,27). The second-order valence-corrected chi connectivity index (χ2v) is 7.36. The predicted molar refractivity (Wildman–Crippen MR) is 114 cm³/mol. The van der Waals surface area contributed by atoms with Gasteiger partial charge in [0.2, 0.25) is 5.91 Å². The molecule has 0 radical (unpaired) electrons. The summed E-state index contributed by atoms with van der Waals surface area (Å²) in [6, 6.07) is 14.3. The van der Waals surface area contributed by atoms with Crippen molar-refractivity contribution in [3.8, 4) is 0 Å². The van der Waals surface area contributed by atoms with Crippen molar-refractivity contribution in [1.82, 2.24) is 4.90 Å². The maximum atomic E-state index is 13.4. The number of nitrogens with zero attached hydrogens (tertiary/aromatic N) is 2. The van der Waals surface area contributed by atoms with Crippen LogP contribution < -0.4 is 10.2 Å². The SMILES string of the molecule is CC(=O)Nc1ccc(N2C(=O)C(c3ccc(C)cc3)=C(N3CCOCC3)C2=O)cc1. The Hall–Kier alpha value is -3.45. The molecule has 2 aromatic rings. The van der Waals surface area contributed by atoms with Gasteiger partial charge in [-0.05, 0) is 36.8 Å². The lowest BCUT2D eigenvalue weighted by Crippen LogP contribution is -2.40. The minimum absolute atomic E-state index is 0.186.